The van der Waals surface area contributed by atoms with Crippen LogP contribution in [0.1, 0.15) is 41.5 Å². The molecule has 1 aliphatic heterocycles. The molecular weight excluding hydrogens is 411 g/mol. The minimum atomic E-state index is -4.48. The number of hydrogen-bond acceptors (Lipinski definition) is 6. The van der Waals surface area contributed by atoms with Gasteiger partial charge >= 0.3 is 6.18 Å². The highest BCUT2D eigenvalue weighted by atomic mass is 19.4. The number of hydrogen-bond donors (Lipinski definition) is 1. The number of rotatable bonds is 6. The molecule has 4 rings (SSSR count). The van der Waals surface area contributed by atoms with E-state index in [9.17, 15) is 18.0 Å². The van der Waals surface area contributed by atoms with E-state index in [0.29, 0.717) is 37.3 Å². The average Bonchev–Trinajstić information content (AvgIpc) is 3.50. The molecule has 0 spiro atoms. The van der Waals surface area contributed by atoms with Gasteiger partial charge in [-0.2, -0.15) is 13.2 Å². The van der Waals surface area contributed by atoms with Gasteiger partial charge in [0.25, 0.3) is 5.91 Å². The third kappa shape index (κ3) is 4.72. The SMILES string of the molecule is CCOc1ccc(C)nc1C(=O)N1CC2CC2CC1CNc1ncc(C(F)(F)F)cn1. The molecule has 1 saturated heterocycles. The number of aromatic nitrogens is 3. The number of halogens is 3. The Kier molecular flexibility index (Phi) is 5.72. The van der Waals surface area contributed by atoms with Crippen molar-refractivity contribution in [3.8, 4) is 5.75 Å². The van der Waals surface area contributed by atoms with E-state index < -0.39 is 11.7 Å². The van der Waals surface area contributed by atoms with Gasteiger partial charge in [-0.1, -0.05) is 0 Å². The first-order valence-corrected chi connectivity index (χ1v) is 10.3. The Balaban J connectivity index is 1.49. The van der Waals surface area contributed by atoms with Gasteiger partial charge in [0.15, 0.2) is 11.4 Å². The van der Waals surface area contributed by atoms with E-state index in [1.807, 2.05) is 13.8 Å². The number of carbonyl (C=O) groups excluding carboxylic acids is 1. The molecule has 3 unspecified atom stereocenters. The monoisotopic (exact) mass is 435 g/mol. The zero-order valence-electron chi connectivity index (χ0n) is 17.3. The Hall–Kier alpha value is -2.91. The van der Waals surface area contributed by atoms with E-state index in [1.165, 1.54) is 0 Å². The molecule has 1 aliphatic carbocycles. The lowest BCUT2D eigenvalue weighted by Crippen LogP contribution is -2.48. The molecule has 0 radical (unpaired) electrons. The molecule has 31 heavy (non-hydrogen) atoms. The van der Waals surface area contributed by atoms with Crippen molar-refractivity contribution < 1.29 is 22.7 Å². The van der Waals surface area contributed by atoms with Gasteiger partial charge in [0.1, 0.15) is 0 Å². The lowest BCUT2D eigenvalue weighted by Gasteiger charge is -2.35. The van der Waals surface area contributed by atoms with Gasteiger partial charge in [0, 0.05) is 37.2 Å². The molecule has 166 valence electrons. The van der Waals surface area contributed by atoms with Crippen LogP contribution in [-0.2, 0) is 6.18 Å². The van der Waals surface area contributed by atoms with Crippen LogP contribution in [0.5, 0.6) is 5.75 Å². The van der Waals surface area contributed by atoms with Gasteiger partial charge in [-0.3, -0.25) is 4.79 Å². The highest BCUT2D eigenvalue weighted by molar-refractivity contribution is 5.95. The van der Waals surface area contributed by atoms with E-state index in [-0.39, 0.29) is 23.6 Å². The van der Waals surface area contributed by atoms with Crippen LogP contribution in [0.25, 0.3) is 0 Å². The number of nitrogens with one attached hydrogen (secondary N) is 1. The Morgan fingerprint density at radius 1 is 1.23 bits per heavy atom. The minimum Gasteiger partial charge on any atom is -0.491 e. The number of aryl methyl sites for hydroxylation is 1. The van der Waals surface area contributed by atoms with Crippen LogP contribution in [0.3, 0.4) is 0 Å². The van der Waals surface area contributed by atoms with Crippen molar-refractivity contribution in [2.75, 3.05) is 25.0 Å². The maximum atomic E-state index is 13.4. The van der Waals surface area contributed by atoms with Crippen LogP contribution in [0.15, 0.2) is 24.5 Å². The lowest BCUT2D eigenvalue weighted by atomic mass is 10.0. The molecule has 2 fully saturated rings. The maximum Gasteiger partial charge on any atom is 0.419 e. The number of alkyl halides is 3. The number of pyridine rings is 1. The van der Waals surface area contributed by atoms with Crippen LogP contribution >= 0.6 is 0 Å². The number of ether oxygens (including phenoxy) is 1. The Bertz CT molecular complexity index is 951. The topological polar surface area (TPSA) is 80.2 Å². The van der Waals surface area contributed by atoms with Crippen LogP contribution in [0.4, 0.5) is 19.1 Å². The zero-order valence-corrected chi connectivity index (χ0v) is 17.3. The first kappa shape index (κ1) is 21.3. The molecule has 1 saturated carbocycles. The number of fused-ring (bicyclic) bond motifs is 1. The number of nitrogens with zero attached hydrogens (tertiary/aromatic N) is 4. The van der Waals surface area contributed by atoms with Crippen LogP contribution in [0, 0.1) is 18.8 Å². The number of likely N-dealkylation sites (tertiary alicyclic amines) is 1. The largest absolute Gasteiger partial charge is 0.491 e. The number of carbonyl (C=O) groups is 1. The van der Waals surface area contributed by atoms with Crippen molar-refractivity contribution in [2.45, 2.75) is 38.9 Å². The molecule has 1 amide bonds. The van der Waals surface area contributed by atoms with E-state index in [4.69, 9.17) is 4.74 Å². The summed E-state index contributed by atoms with van der Waals surface area (Å²) < 4.78 is 43.7. The van der Waals surface area contributed by atoms with Gasteiger partial charge in [0.05, 0.1) is 12.2 Å². The Labute approximate surface area is 178 Å². The second kappa shape index (κ2) is 8.32. The molecule has 0 aromatic carbocycles. The molecule has 2 aromatic rings. The molecule has 0 bridgehead atoms. The first-order chi connectivity index (χ1) is 14.8. The predicted octanol–water partition coefficient (Wildman–Crippen LogP) is 3.56. The number of anilines is 1. The molecule has 3 atom stereocenters. The van der Waals surface area contributed by atoms with Crippen molar-refractivity contribution >= 4 is 11.9 Å². The zero-order chi connectivity index (χ0) is 22.2. The maximum absolute atomic E-state index is 13.4. The van der Waals surface area contributed by atoms with Gasteiger partial charge < -0.3 is 15.0 Å². The van der Waals surface area contributed by atoms with Crippen LogP contribution < -0.4 is 10.1 Å². The summed E-state index contributed by atoms with van der Waals surface area (Å²) in [7, 11) is 0. The fraction of sp³-hybridized carbons (Fsp3) is 0.524. The molecule has 2 aromatic heterocycles. The normalized spacial score (nSPS) is 22.6. The van der Waals surface area contributed by atoms with E-state index in [2.05, 4.69) is 20.3 Å². The van der Waals surface area contributed by atoms with Gasteiger partial charge in [0.2, 0.25) is 5.95 Å². The summed E-state index contributed by atoms with van der Waals surface area (Å²) in [6.07, 6.45) is -1.08. The lowest BCUT2D eigenvalue weighted by molar-refractivity contribution is -0.138. The fourth-order valence-corrected chi connectivity index (χ4v) is 4.02. The summed E-state index contributed by atoms with van der Waals surface area (Å²) in [5, 5.41) is 2.98. The highest BCUT2D eigenvalue weighted by Crippen LogP contribution is 2.47. The highest BCUT2D eigenvalue weighted by Gasteiger charge is 2.47. The Morgan fingerprint density at radius 2 is 1.97 bits per heavy atom. The van der Waals surface area contributed by atoms with Crippen molar-refractivity contribution in [3.05, 3.63) is 41.5 Å². The second-order valence-electron chi connectivity index (χ2n) is 8.01. The van der Waals surface area contributed by atoms with E-state index in [0.717, 1.165) is 30.9 Å². The molecular formula is C21H24F3N5O2. The van der Waals surface area contributed by atoms with E-state index in [1.54, 1.807) is 17.0 Å². The van der Waals surface area contributed by atoms with E-state index >= 15 is 0 Å². The van der Waals surface area contributed by atoms with Gasteiger partial charge in [-0.25, -0.2) is 15.0 Å². The summed E-state index contributed by atoms with van der Waals surface area (Å²) in [5.74, 6) is 1.41. The quantitative estimate of drug-likeness (QED) is 0.748. The summed E-state index contributed by atoms with van der Waals surface area (Å²) in [6, 6.07) is 3.42. The summed E-state index contributed by atoms with van der Waals surface area (Å²) in [5.41, 5.74) is 0.111. The molecule has 2 aliphatic rings. The predicted molar refractivity (Wildman–Crippen MR) is 107 cm³/mol. The Morgan fingerprint density at radius 3 is 2.65 bits per heavy atom. The molecule has 3 heterocycles. The van der Waals surface area contributed by atoms with Crippen LogP contribution in [0.2, 0.25) is 0 Å². The smallest absolute Gasteiger partial charge is 0.419 e. The van der Waals surface area contributed by atoms with Crippen molar-refractivity contribution in [1.29, 1.82) is 0 Å². The average molecular weight is 435 g/mol. The third-order valence-electron chi connectivity index (χ3n) is 5.75. The number of amides is 1. The van der Waals surface area contributed by atoms with Crippen molar-refractivity contribution in [2.24, 2.45) is 11.8 Å². The number of piperidine rings is 1. The fourth-order valence-electron chi connectivity index (χ4n) is 4.02. The van der Waals surface area contributed by atoms with Gasteiger partial charge in [-0.15, -0.1) is 0 Å². The van der Waals surface area contributed by atoms with Crippen LogP contribution in [-0.4, -0.2) is 51.5 Å². The third-order valence-corrected chi connectivity index (χ3v) is 5.75. The summed E-state index contributed by atoms with van der Waals surface area (Å²) in [4.78, 5) is 27.1. The van der Waals surface area contributed by atoms with Crippen molar-refractivity contribution in [3.63, 3.8) is 0 Å². The first-order valence-electron chi connectivity index (χ1n) is 10.3. The second-order valence-corrected chi connectivity index (χ2v) is 8.01. The summed E-state index contributed by atoms with van der Waals surface area (Å²) >= 11 is 0. The molecule has 7 nitrogen and oxygen atoms in total. The minimum absolute atomic E-state index is 0.0991. The van der Waals surface area contributed by atoms with Crippen molar-refractivity contribution in [1.82, 2.24) is 19.9 Å². The molecule has 10 heteroatoms. The molecule has 1 N–H and O–H groups in total. The summed E-state index contributed by atoms with van der Waals surface area (Å²) in [6.45, 7) is 5.06. The van der Waals surface area contributed by atoms with Gasteiger partial charge in [-0.05, 0) is 50.7 Å². The standard InChI is InChI=1S/C21H24F3N5O2/c1-3-31-17-5-4-12(2)28-18(17)19(30)29-11-14-6-13(14)7-16(29)10-27-20-25-8-15(9-26-20)21(22,23)24/h4-5,8-9,13-14,16H,3,6-7,10-11H2,1-2H3,(H,25,26,27).